The van der Waals surface area contributed by atoms with Gasteiger partial charge in [-0.3, -0.25) is 10.1 Å². The third-order valence-electron chi connectivity index (χ3n) is 3.49. The van der Waals surface area contributed by atoms with Gasteiger partial charge in [-0.15, -0.1) is 10.2 Å². The molecule has 0 fully saturated rings. The van der Waals surface area contributed by atoms with E-state index in [4.69, 9.17) is 0 Å². The maximum atomic E-state index is 12.4. The highest BCUT2D eigenvalue weighted by Crippen LogP contribution is 2.23. The van der Waals surface area contributed by atoms with Crippen molar-refractivity contribution in [3.8, 4) is 0 Å². The van der Waals surface area contributed by atoms with Crippen molar-refractivity contribution in [1.82, 2.24) is 19.7 Å². The topological polar surface area (TPSA) is 72.7 Å². The molecule has 126 valence electrons. The molecule has 2 heterocycles. The number of imidazole rings is 1. The highest BCUT2D eigenvalue weighted by molar-refractivity contribution is 7.97. The van der Waals surface area contributed by atoms with E-state index < -0.39 is 0 Å². The van der Waals surface area contributed by atoms with Crippen molar-refractivity contribution < 1.29 is 4.79 Å². The maximum absolute atomic E-state index is 12.4. The number of amides is 1. The van der Waals surface area contributed by atoms with Crippen LogP contribution in [0.4, 0.5) is 5.13 Å². The van der Waals surface area contributed by atoms with Gasteiger partial charge >= 0.3 is 0 Å². The van der Waals surface area contributed by atoms with Gasteiger partial charge in [0.05, 0.1) is 16.8 Å². The lowest BCUT2D eigenvalue weighted by molar-refractivity contribution is -0.116. The van der Waals surface area contributed by atoms with Crippen LogP contribution in [0.2, 0.25) is 0 Å². The molecule has 6 nitrogen and oxygen atoms in total. The van der Waals surface area contributed by atoms with Gasteiger partial charge in [0.25, 0.3) is 0 Å². The molecule has 0 radical (unpaired) electrons. The minimum Gasteiger partial charge on any atom is -0.318 e. The van der Waals surface area contributed by atoms with E-state index >= 15 is 0 Å². The molecule has 3 aromatic rings. The number of hydrogen-bond acceptors (Lipinski definition) is 6. The third kappa shape index (κ3) is 3.59. The summed E-state index contributed by atoms with van der Waals surface area (Å²) in [5.74, 6) is 1.85. The fourth-order valence-corrected chi connectivity index (χ4v) is 3.60. The van der Waals surface area contributed by atoms with Crippen molar-refractivity contribution in [3.05, 3.63) is 35.1 Å². The summed E-state index contributed by atoms with van der Waals surface area (Å²) in [6.07, 6.45) is 2.03. The molecule has 0 aliphatic heterocycles. The molecular weight excluding hydrogens is 342 g/mol. The predicted octanol–water partition coefficient (Wildman–Crippen LogP) is 3.51. The number of carbonyl (C=O) groups excluding carboxylic acids is 1. The Morgan fingerprint density at radius 3 is 2.83 bits per heavy atom. The van der Waals surface area contributed by atoms with Crippen LogP contribution < -0.4 is 5.32 Å². The molecule has 0 saturated carbocycles. The second-order valence-electron chi connectivity index (χ2n) is 5.68. The van der Waals surface area contributed by atoms with Gasteiger partial charge in [0.1, 0.15) is 17.4 Å². The van der Waals surface area contributed by atoms with E-state index in [0.29, 0.717) is 11.0 Å². The predicted molar refractivity (Wildman–Crippen MR) is 99.6 cm³/mol. The van der Waals surface area contributed by atoms with E-state index in [1.807, 2.05) is 35.1 Å². The van der Waals surface area contributed by atoms with Gasteiger partial charge < -0.3 is 4.57 Å². The fourth-order valence-electron chi connectivity index (χ4n) is 2.36. The Hall–Kier alpha value is -1.93. The Balaban J connectivity index is 1.80. The van der Waals surface area contributed by atoms with Gasteiger partial charge in [-0.2, -0.15) is 11.8 Å². The molecule has 0 bridgehead atoms. The van der Waals surface area contributed by atoms with E-state index in [1.54, 1.807) is 11.8 Å². The number of aromatic nitrogens is 4. The van der Waals surface area contributed by atoms with Crippen molar-refractivity contribution in [2.24, 2.45) is 0 Å². The number of nitrogens with zero attached hydrogens (tertiary/aromatic N) is 4. The molecule has 3 rings (SSSR count). The molecule has 8 heteroatoms. The summed E-state index contributed by atoms with van der Waals surface area (Å²) < 4.78 is 1.96. The zero-order valence-electron chi connectivity index (χ0n) is 13.8. The normalized spacial score (nSPS) is 11.3. The zero-order valence-corrected chi connectivity index (χ0v) is 15.4. The minimum atomic E-state index is -0.119. The number of carbonyl (C=O) groups is 1. The first kappa shape index (κ1) is 16.9. The largest absolute Gasteiger partial charge is 0.318 e. The van der Waals surface area contributed by atoms with Gasteiger partial charge in [-0.25, -0.2) is 4.98 Å². The molecule has 0 unspecified atom stereocenters. The summed E-state index contributed by atoms with van der Waals surface area (Å²) in [5.41, 5.74) is 1.88. The summed E-state index contributed by atoms with van der Waals surface area (Å²) in [6.45, 7) is 4.32. The van der Waals surface area contributed by atoms with Crippen LogP contribution >= 0.6 is 23.1 Å². The number of rotatable bonds is 6. The van der Waals surface area contributed by atoms with Crippen LogP contribution in [0.25, 0.3) is 11.0 Å². The van der Waals surface area contributed by atoms with Crippen LogP contribution in [0.15, 0.2) is 24.3 Å². The molecule has 0 spiro atoms. The SMILES string of the molecule is CSCc1nc2ccccc2n1CC(=O)Nc1nnc(C(C)C)s1. The fraction of sp³-hybridized carbons (Fsp3) is 0.375. The highest BCUT2D eigenvalue weighted by atomic mass is 32.2. The Kier molecular flexibility index (Phi) is 5.15. The molecule has 0 aliphatic rings. The average molecular weight is 361 g/mol. The first-order valence-electron chi connectivity index (χ1n) is 7.64. The van der Waals surface area contributed by atoms with E-state index in [0.717, 1.165) is 27.6 Å². The van der Waals surface area contributed by atoms with Crippen LogP contribution in [0.3, 0.4) is 0 Å². The summed E-state index contributed by atoms with van der Waals surface area (Å²) in [4.78, 5) is 17.1. The van der Waals surface area contributed by atoms with Crippen molar-refractivity contribution >= 4 is 45.2 Å². The number of anilines is 1. The van der Waals surface area contributed by atoms with Crippen molar-refractivity contribution in [1.29, 1.82) is 0 Å². The standard InChI is InChI=1S/C16H19N5OS2/c1-10(2)15-19-20-16(24-15)18-14(22)8-21-12-7-5-4-6-11(12)17-13(21)9-23-3/h4-7,10H,8-9H2,1-3H3,(H,18,20,22). The maximum Gasteiger partial charge on any atom is 0.246 e. The number of benzene rings is 1. The molecule has 24 heavy (non-hydrogen) atoms. The van der Waals surface area contributed by atoms with Gasteiger partial charge in [-0.05, 0) is 18.4 Å². The zero-order chi connectivity index (χ0) is 17.1. The second-order valence-corrected chi connectivity index (χ2v) is 7.56. The molecule has 1 amide bonds. The molecule has 0 saturated heterocycles. The van der Waals surface area contributed by atoms with E-state index in [2.05, 4.69) is 34.3 Å². The third-order valence-corrected chi connectivity index (χ3v) is 5.18. The second kappa shape index (κ2) is 7.31. The first-order valence-corrected chi connectivity index (χ1v) is 9.86. The summed E-state index contributed by atoms with van der Waals surface area (Å²) in [7, 11) is 0. The number of para-hydroxylation sites is 2. The molecular formula is C16H19N5OS2. The molecule has 1 N–H and O–H groups in total. The van der Waals surface area contributed by atoms with Crippen molar-refractivity contribution in [2.75, 3.05) is 11.6 Å². The van der Waals surface area contributed by atoms with Gasteiger partial charge in [0.2, 0.25) is 11.0 Å². The number of nitrogens with one attached hydrogen (secondary N) is 1. The van der Waals surface area contributed by atoms with Crippen LogP contribution in [0.5, 0.6) is 0 Å². The molecule has 2 aromatic heterocycles. The first-order chi connectivity index (χ1) is 11.6. The van der Waals surface area contributed by atoms with Crippen LogP contribution in [0.1, 0.15) is 30.6 Å². The number of hydrogen-bond donors (Lipinski definition) is 1. The van der Waals surface area contributed by atoms with Crippen LogP contribution in [-0.2, 0) is 17.1 Å². The Labute approximate surface area is 148 Å². The summed E-state index contributed by atoms with van der Waals surface area (Å²) in [5, 5.41) is 12.4. The van der Waals surface area contributed by atoms with E-state index in [9.17, 15) is 4.79 Å². The lowest BCUT2D eigenvalue weighted by Crippen LogP contribution is -2.20. The van der Waals surface area contributed by atoms with Gasteiger partial charge in [0, 0.05) is 5.92 Å². The van der Waals surface area contributed by atoms with Crippen LogP contribution in [-0.4, -0.2) is 31.9 Å². The Bertz CT molecular complexity index is 855. The summed E-state index contributed by atoms with van der Waals surface area (Å²) in [6, 6.07) is 7.87. The monoisotopic (exact) mass is 361 g/mol. The van der Waals surface area contributed by atoms with E-state index in [1.165, 1.54) is 11.3 Å². The minimum absolute atomic E-state index is 0.119. The molecule has 0 aliphatic carbocycles. The Morgan fingerprint density at radius 1 is 1.33 bits per heavy atom. The average Bonchev–Trinajstić information content (AvgIpc) is 3.14. The van der Waals surface area contributed by atoms with Crippen LogP contribution in [0, 0.1) is 0 Å². The number of thioether (sulfide) groups is 1. The van der Waals surface area contributed by atoms with Gasteiger partial charge in [-0.1, -0.05) is 37.3 Å². The van der Waals surface area contributed by atoms with Crippen molar-refractivity contribution in [3.63, 3.8) is 0 Å². The van der Waals surface area contributed by atoms with Crippen molar-refractivity contribution in [2.45, 2.75) is 32.1 Å². The highest BCUT2D eigenvalue weighted by Gasteiger charge is 2.15. The number of fused-ring (bicyclic) bond motifs is 1. The lowest BCUT2D eigenvalue weighted by atomic mass is 10.2. The lowest BCUT2D eigenvalue weighted by Gasteiger charge is -2.08. The quantitative estimate of drug-likeness (QED) is 0.727. The van der Waals surface area contributed by atoms with E-state index in [-0.39, 0.29) is 12.5 Å². The molecule has 1 aromatic carbocycles. The summed E-state index contributed by atoms with van der Waals surface area (Å²) >= 11 is 3.10. The van der Waals surface area contributed by atoms with Gasteiger partial charge in [0.15, 0.2) is 0 Å². The Morgan fingerprint density at radius 2 is 2.12 bits per heavy atom. The molecule has 0 atom stereocenters. The smallest absolute Gasteiger partial charge is 0.246 e.